The zero-order valence-electron chi connectivity index (χ0n) is 17.2. The van der Waals surface area contributed by atoms with E-state index in [2.05, 4.69) is 0 Å². The second-order valence-corrected chi connectivity index (χ2v) is 7.07. The minimum atomic E-state index is -0.840. The van der Waals surface area contributed by atoms with Crippen molar-refractivity contribution in [1.29, 1.82) is 0 Å². The van der Waals surface area contributed by atoms with E-state index in [-0.39, 0.29) is 18.3 Å². The first-order valence-corrected chi connectivity index (χ1v) is 9.68. The lowest BCUT2D eigenvalue weighted by Crippen LogP contribution is -2.34. The summed E-state index contributed by atoms with van der Waals surface area (Å²) in [5.41, 5.74) is 3.72. The third-order valence-electron chi connectivity index (χ3n) is 5.32. The van der Waals surface area contributed by atoms with Crippen LogP contribution in [0.3, 0.4) is 0 Å². The molecule has 0 saturated carbocycles. The number of hydrogen-bond donors (Lipinski definition) is 0. The molecule has 0 aromatic heterocycles. The molecule has 0 saturated heterocycles. The Bertz CT molecular complexity index is 922. The van der Waals surface area contributed by atoms with Crippen LogP contribution >= 0.6 is 0 Å². The van der Waals surface area contributed by atoms with Crippen LogP contribution in [0.5, 0.6) is 11.5 Å². The average molecular weight is 394 g/mol. The Labute approximate surface area is 171 Å². The lowest BCUT2D eigenvalue weighted by molar-refractivity contribution is -0.151. The molecule has 0 heterocycles. The monoisotopic (exact) mass is 394 g/mol. The first kappa shape index (κ1) is 20.6. The topological polar surface area (TPSA) is 61.8 Å². The molecule has 29 heavy (non-hydrogen) atoms. The summed E-state index contributed by atoms with van der Waals surface area (Å²) in [6.45, 7) is 3.99. The number of allylic oxidation sites excluding steroid dienone is 2. The summed E-state index contributed by atoms with van der Waals surface area (Å²) in [6, 6.07) is 13.4. The highest BCUT2D eigenvalue weighted by molar-refractivity contribution is 6.10. The molecule has 2 aromatic carbocycles. The lowest BCUT2D eigenvalue weighted by Gasteiger charge is -2.30. The van der Waals surface area contributed by atoms with Crippen LogP contribution in [0.15, 0.2) is 48.5 Å². The highest BCUT2D eigenvalue weighted by atomic mass is 16.5. The number of benzene rings is 2. The van der Waals surface area contributed by atoms with E-state index in [1.54, 1.807) is 33.3 Å². The molecule has 5 heteroatoms. The fourth-order valence-corrected chi connectivity index (χ4v) is 3.87. The van der Waals surface area contributed by atoms with Crippen molar-refractivity contribution in [2.75, 3.05) is 20.8 Å². The van der Waals surface area contributed by atoms with Crippen LogP contribution in [0.1, 0.15) is 36.0 Å². The summed E-state index contributed by atoms with van der Waals surface area (Å²) in [7, 11) is 3.18. The maximum atomic E-state index is 13.1. The zero-order chi connectivity index (χ0) is 21.0. The van der Waals surface area contributed by atoms with Crippen molar-refractivity contribution in [1.82, 2.24) is 0 Å². The van der Waals surface area contributed by atoms with Gasteiger partial charge >= 0.3 is 5.97 Å². The third kappa shape index (κ3) is 4.34. The second-order valence-electron chi connectivity index (χ2n) is 7.07. The van der Waals surface area contributed by atoms with E-state index >= 15 is 0 Å². The number of carbonyl (C=O) groups excluding carboxylic acids is 2. The summed E-state index contributed by atoms with van der Waals surface area (Å²) in [4.78, 5) is 25.7. The lowest BCUT2D eigenvalue weighted by atomic mass is 9.72. The summed E-state index contributed by atoms with van der Waals surface area (Å²) in [5.74, 6) is -0.545. The van der Waals surface area contributed by atoms with Crippen LogP contribution in [0.4, 0.5) is 0 Å². The van der Waals surface area contributed by atoms with Gasteiger partial charge in [0.1, 0.15) is 17.4 Å². The number of esters is 1. The first-order chi connectivity index (χ1) is 14.0. The zero-order valence-corrected chi connectivity index (χ0v) is 17.2. The molecule has 5 nitrogen and oxygen atoms in total. The van der Waals surface area contributed by atoms with E-state index < -0.39 is 11.9 Å². The van der Waals surface area contributed by atoms with Gasteiger partial charge in [0, 0.05) is 12.0 Å². The standard InChI is InChI=1S/C24H26O5/c1-5-29-24(26)23-21(20-9-7-6-8-15(20)2)12-17(13-22(23)25)16-10-18(27-3)14-19(11-16)28-4/h6-11,13-14,21,23H,5,12H2,1-4H3/t21-,23-/m0/s1. The van der Waals surface area contributed by atoms with Crippen molar-refractivity contribution in [3.8, 4) is 11.5 Å². The molecule has 3 rings (SSSR count). The van der Waals surface area contributed by atoms with Gasteiger partial charge in [-0.1, -0.05) is 24.3 Å². The van der Waals surface area contributed by atoms with Gasteiger partial charge in [0.25, 0.3) is 0 Å². The number of rotatable bonds is 6. The average Bonchev–Trinajstić information content (AvgIpc) is 2.73. The van der Waals surface area contributed by atoms with Crippen molar-refractivity contribution in [2.45, 2.75) is 26.2 Å². The van der Waals surface area contributed by atoms with Crippen LogP contribution in [0.25, 0.3) is 5.57 Å². The minimum Gasteiger partial charge on any atom is -0.497 e. The van der Waals surface area contributed by atoms with E-state index in [4.69, 9.17) is 14.2 Å². The number of aryl methyl sites for hydroxylation is 1. The van der Waals surface area contributed by atoms with Crippen molar-refractivity contribution in [3.63, 3.8) is 0 Å². The largest absolute Gasteiger partial charge is 0.497 e. The highest BCUT2D eigenvalue weighted by Crippen LogP contribution is 2.42. The molecule has 0 spiro atoms. The molecule has 1 aliphatic carbocycles. The molecule has 2 aromatic rings. The van der Waals surface area contributed by atoms with Gasteiger partial charge in [0.2, 0.25) is 0 Å². The van der Waals surface area contributed by atoms with E-state index in [1.807, 2.05) is 43.3 Å². The smallest absolute Gasteiger partial charge is 0.317 e. The number of ether oxygens (including phenoxy) is 3. The van der Waals surface area contributed by atoms with Gasteiger partial charge in [-0.2, -0.15) is 0 Å². The molecular weight excluding hydrogens is 368 g/mol. The molecule has 152 valence electrons. The van der Waals surface area contributed by atoms with Crippen LogP contribution in [-0.2, 0) is 14.3 Å². The maximum Gasteiger partial charge on any atom is 0.317 e. The Balaban J connectivity index is 2.08. The summed E-state index contributed by atoms with van der Waals surface area (Å²) in [5, 5.41) is 0. The Morgan fingerprint density at radius 3 is 2.31 bits per heavy atom. The molecule has 0 N–H and O–H groups in total. The van der Waals surface area contributed by atoms with Crippen LogP contribution < -0.4 is 9.47 Å². The van der Waals surface area contributed by atoms with Gasteiger partial charge in [-0.05, 0) is 60.7 Å². The second kappa shape index (κ2) is 8.95. The Kier molecular flexibility index (Phi) is 6.37. The predicted octanol–water partition coefficient (Wildman–Crippen LogP) is 4.33. The van der Waals surface area contributed by atoms with E-state index in [0.29, 0.717) is 17.9 Å². The first-order valence-electron chi connectivity index (χ1n) is 9.68. The van der Waals surface area contributed by atoms with E-state index in [9.17, 15) is 9.59 Å². The number of hydrogen-bond acceptors (Lipinski definition) is 5. The summed E-state index contributed by atoms with van der Waals surface area (Å²) in [6.07, 6.45) is 2.10. The molecule has 0 amide bonds. The number of methoxy groups -OCH3 is 2. The van der Waals surface area contributed by atoms with Crippen molar-refractivity contribution < 1.29 is 23.8 Å². The Morgan fingerprint density at radius 1 is 1.07 bits per heavy atom. The molecule has 0 bridgehead atoms. The number of carbonyl (C=O) groups is 2. The maximum absolute atomic E-state index is 13.1. The van der Waals surface area contributed by atoms with Gasteiger partial charge in [-0.3, -0.25) is 9.59 Å². The van der Waals surface area contributed by atoms with Crippen molar-refractivity contribution in [3.05, 3.63) is 65.2 Å². The van der Waals surface area contributed by atoms with Gasteiger partial charge in [0.15, 0.2) is 5.78 Å². The molecule has 0 fully saturated rings. The minimum absolute atomic E-state index is 0.236. The van der Waals surface area contributed by atoms with Crippen molar-refractivity contribution in [2.24, 2.45) is 5.92 Å². The fraction of sp³-hybridized carbons (Fsp3) is 0.333. The third-order valence-corrected chi connectivity index (χ3v) is 5.32. The molecule has 0 unspecified atom stereocenters. The van der Waals surface area contributed by atoms with E-state index in [1.165, 1.54) is 0 Å². The summed E-state index contributed by atoms with van der Waals surface area (Å²) < 4.78 is 16.0. The molecule has 0 aliphatic heterocycles. The van der Waals surface area contributed by atoms with Gasteiger partial charge in [-0.25, -0.2) is 0 Å². The van der Waals surface area contributed by atoms with Gasteiger partial charge in [0.05, 0.1) is 20.8 Å². The van der Waals surface area contributed by atoms with Crippen molar-refractivity contribution >= 4 is 17.3 Å². The predicted molar refractivity (Wildman–Crippen MR) is 111 cm³/mol. The molecule has 0 radical (unpaired) electrons. The van der Waals surface area contributed by atoms with Gasteiger partial charge < -0.3 is 14.2 Å². The van der Waals surface area contributed by atoms with Crippen LogP contribution in [0.2, 0.25) is 0 Å². The highest BCUT2D eigenvalue weighted by Gasteiger charge is 2.40. The summed E-state index contributed by atoms with van der Waals surface area (Å²) >= 11 is 0. The molecule has 2 atom stereocenters. The quantitative estimate of drug-likeness (QED) is 0.539. The Morgan fingerprint density at radius 2 is 1.72 bits per heavy atom. The number of ketones is 1. The normalized spacial score (nSPS) is 18.8. The van der Waals surface area contributed by atoms with Crippen LogP contribution in [0, 0.1) is 12.8 Å². The Hall–Kier alpha value is -3.08. The molecular formula is C24H26O5. The molecule has 1 aliphatic rings. The van der Waals surface area contributed by atoms with Crippen LogP contribution in [-0.4, -0.2) is 32.6 Å². The SMILES string of the molecule is CCOC(=O)[C@@H]1C(=O)C=C(c2cc(OC)cc(OC)c2)C[C@H]1c1ccccc1C. The van der Waals surface area contributed by atoms with Gasteiger partial charge in [-0.15, -0.1) is 0 Å². The van der Waals surface area contributed by atoms with E-state index in [0.717, 1.165) is 22.3 Å². The fourth-order valence-electron chi connectivity index (χ4n) is 3.87.